The number of hydrogen-bond donors (Lipinski definition) is 1. The molecule has 1 N–H and O–H groups in total. The maximum atomic E-state index is 13.8. The number of alkyl halides is 2. The predicted molar refractivity (Wildman–Crippen MR) is 157 cm³/mol. The number of rotatable bonds is 8. The minimum absolute atomic E-state index is 0.193. The Balaban J connectivity index is 1.47. The van der Waals surface area contributed by atoms with Crippen LogP contribution < -0.4 is 15.1 Å². The van der Waals surface area contributed by atoms with Crippen LogP contribution in [0.25, 0.3) is 11.1 Å². The van der Waals surface area contributed by atoms with E-state index in [1.54, 1.807) is 14.0 Å². The third-order valence-corrected chi connectivity index (χ3v) is 7.95. The Labute approximate surface area is 239 Å². The summed E-state index contributed by atoms with van der Waals surface area (Å²) < 4.78 is 33.6. The number of ether oxygens (including phenoxy) is 1. The molecule has 2 aliphatic rings. The Hall–Kier alpha value is -4.07. The number of carbonyl (C=O) groups excluding carboxylic acids is 2. The van der Waals surface area contributed by atoms with Gasteiger partial charge in [0.2, 0.25) is 5.91 Å². The van der Waals surface area contributed by atoms with E-state index in [4.69, 9.17) is 4.74 Å². The normalized spacial score (nSPS) is 17.9. The fraction of sp³-hybridized carbons (Fsp3) is 0.364. The van der Waals surface area contributed by atoms with Crippen molar-refractivity contribution in [2.75, 3.05) is 17.4 Å². The molecule has 1 aliphatic carbocycles. The van der Waals surface area contributed by atoms with Gasteiger partial charge in [0, 0.05) is 23.7 Å². The summed E-state index contributed by atoms with van der Waals surface area (Å²) >= 11 is 0. The summed E-state index contributed by atoms with van der Waals surface area (Å²) in [4.78, 5) is 26.9. The average molecular weight is 560 g/mol. The van der Waals surface area contributed by atoms with Crippen LogP contribution in [0.4, 0.5) is 20.2 Å². The first-order chi connectivity index (χ1) is 19.7. The van der Waals surface area contributed by atoms with Crippen molar-refractivity contribution in [3.8, 4) is 16.9 Å². The third kappa shape index (κ3) is 6.16. The van der Waals surface area contributed by atoms with Gasteiger partial charge in [0.15, 0.2) is 5.92 Å². The van der Waals surface area contributed by atoms with Crippen molar-refractivity contribution in [2.45, 2.75) is 58.3 Å². The Bertz CT molecular complexity index is 1460. The van der Waals surface area contributed by atoms with Crippen LogP contribution in [-0.2, 0) is 21.9 Å². The van der Waals surface area contributed by atoms with E-state index in [1.165, 1.54) is 48.5 Å². The van der Waals surface area contributed by atoms with E-state index in [0.717, 1.165) is 48.6 Å². The molecular weight excluding hydrogens is 524 g/mol. The lowest BCUT2D eigenvalue weighted by Crippen LogP contribution is -2.36. The van der Waals surface area contributed by atoms with Crippen LogP contribution >= 0.6 is 0 Å². The molecule has 6 nitrogen and oxygen atoms in total. The number of benzene rings is 3. The maximum Gasteiger partial charge on any atom is 0.270 e. The molecule has 2 amide bonds. The second-order valence-corrected chi connectivity index (χ2v) is 11.0. The van der Waals surface area contributed by atoms with Crippen LogP contribution in [0.15, 0.2) is 71.8 Å². The van der Waals surface area contributed by atoms with E-state index in [9.17, 15) is 18.4 Å². The zero-order chi connectivity index (χ0) is 29.1. The summed E-state index contributed by atoms with van der Waals surface area (Å²) in [5.74, 6) is -4.04. The lowest BCUT2D eigenvalue weighted by atomic mass is 9.84. The van der Waals surface area contributed by atoms with E-state index < -0.39 is 23.7 Å². The number of halogens is 2. The predicted octanol–water partition coefficient (Wildman–Crippen LogP) is 7.57. The number of hydrogen-bond acceptors (Lipinski definition) is 4. The second-order valence-electron chi connectivity index (χ2n) is 11.0. The van der Waals surface area contributed by atoms with Gasteiger partial charge in [0.1, 0.15) is 5.75 Å². The maximum absolute atomic E-state index is 13.8. The summed E-state index contributed by atoms with van der Waals surface area (Å²) in [6.07, 6.45) is 6.81. The van der Waals surface area contributed by atoms with Gasteiger partial charge in [-0.05, 0) is 54.7 Å². The molecule has 1 unspecified atom stereocenters. The van der Waals surface area contributed by atoms with E-state index in [0.29, 0.717) is 17.3 Å². The minimum atomic E-state index is -3.06. The molecule has 3 aromatic carbocycles. The molecule has 1 fully saturated rings. The van der Waals surface area contributed by atoms with E-state index >= 15 is 0 Å². The van der Waals surface area contributed by atoms with Crippen molar-refractivity contribution in [1.82, 2.24) is 0 Å². The van der Waals surface area contributed by atoms with Crippen LogP contribution in [0.5, 0.6) is 5.75 Å². The summed E-state index contributed by atoms with van der Waals surface area (Å²) in [7, 11) is 1.67. The van der Waals surface area contributed by atoms with Crippen molar-refractivity contribution in [3.63, 3.8) is 0 Å². The number of anilines is 2. The van der Waals surface area contributed by atoms with Gasteiger partial charge in [0.05, 0.1) is 18.5 Å². The van der Waals surface area contributed by atoms with Crippen molar-refractivity contribution in [3.05, 3.63) is 77.9 Å². The van der Waals surface area contributed by atoms with Crippen molar-refractivity contribution < 1.29 is 23.1 Å². The topological polar surface area (TPSA) is 71.0 Å². The third-order valence-electron chi connectivity index (χ3n) is 7.95. The van der Waals surface area contributed by atoms with Gasteiger partial charge in [-0.25, -0.2) is 8.78 Å². The van der Waals surface area contributed by atoms with Crippen molar-refractivity contribution in [2.24, 2.45) is 16.9 Å². The molecule has 0 bridgehead atoms. The standard InChI is InChI=1S/C33H35F2N3O3/c1-21-29(31(39)36-26-16-10-15-25(19-26)33(2,34)35)32(40)38(37-21)27-18-24(17-22-11-6-4-7-12-22)30(41-3)28(20-27)23-13-8-5-9-14-23/h5,8-10,13-16,18-20,22,29H,4,6-7,11-12,17H2,1-3H3,(H,36,39). The summed E-state index contributed by atoms with van der Waals surface area (Å²) in [5, 5.41) is 8.41. The van der Waals surface area contributed by atoms with Crippen LogP contribution in [0.2, 0.25) is 0 Å². The SMILES string of the molecule is COc1c(CC2CCCCC2)cc(N2N=C(C)C(C(=O)Nc3cccc(C(C)(F)F)c3)C2=O)cc1-c1ccccc1. The molecule has 0 saturated heterocycles. The first kappa shape index (κ1) is 28.5. The highest BCUT2D eigenvalue weighted by Gasteiger charge is 2.40. The molecule has 0 aromatic heterocycles. The molecule has 41 heavy (non-hydrogen) atoms. The molecule has 8 heteroatoms. The summed E-state index contributed by atoms with van der Waals surface area (Å²) in [5.41, 5.74) is 3.66. The van der Waals surface area contributed by atoms with Crippen LogP contribution in [0.3, 0.4) is 0 Å². The Morgan fingerprint density at radius 2 is 1.78 bits per heavy atom. The summed E-state index contributed by atoms with van der Waals surface area (Å²) in [6.45, 7) is 2.42. The van der Waals surface area contributed by atoms with Gasteiger partial charge in [0.25, 0.3) is 11.8 Å². The van der Waals surface area contributed by atoms with E-state index in [2.05, 4.69) is 10.4 Å². The number of amides is 2. The molecule has 3 aromatic rings. The fourth-order valence-electron chi connectivity index (χ4n) is 5.86. The number of nitrogens with one attached hydrogen (secondary N) is 1. The number of carbonyl (C=O) groups is 2. The zero-order valence-electron chi connectivity index (χ0n) is 23.6. The van der Waals surface area contributed by atoms with E-state index in [-0.39, 0.29) is 11.3 Å². The lowest BCUT2D eigenvalue weighted by Gasteiger charge is -2.25. The van der Waals surface area contributed by atoms with Gasteiger partial charge in [-0.3, -0.25) is 9.59 Å². The molecule has 1 aliphatic heterocycles. The first-order valence-corrected chi connectivity index (χ1v) is 14.1. The van der Waals surface area contributed by atoms with Gasteiger partial charge >= 0.3 is 0 Å². The average Bonchev–Trinajstić information content (AvgIpc) is 3.26. The van der Waals surface area contributed by atoms with Crippen molar-refractivity contribution >= 4 is 28.9 Å². The largest absolute Gasteiger partial charge is 0.496 e. The Morgan fingerprint density at radius 1 is 1.05 bits per heavy atom. The van der Waals surface area contributed by atoms with Crippen LogP contribution in [0.1, 0.15) is 57.1 Å². The molecule has 5 rings (SSSR count). The molecule has 1 saturated carbocycles. The number of nitrogens with zero attached hydrogens (tertiary/aromatic N) is 2. The van der Waals surface area contributed by atoms with Crippen molar-refractivity contribution in [1.29, 1.82) is 0 Å². The smallest absolute Gasteiger partial charge is 0.270 e. The number of hydrazone groups is 1. The molecule has 0 spiro atoms. The fourth-order valence-corrected chi connectivity index (χ4v) is 5.86. The van der Waals surface area contributed by atoms with Crippen LogP contribution in [-0.4, -0.2) is 24.6 Å². The van der Waals surface area contributed by atoms with Gasteiger partial charge < -0.3 is 10.1 Å². The molecule has 1 heterocycles. The molecule has 0 radical (unpaired) electrons. The zero-order valence-corrected chi connectivity index (χ0v) is 23.6. The first-order valence-electron chi connectivity index (χ1n) is 14.1. The second kappa shape index (κ2) is 11.8. The Kier molecular flexibility index (Phi) is 8.20. The Morgan fingerprint density at radius 3 is 2.46 bits per heavy atom. The summed E-state index contributed by atoms with van der Waals surface area (Å²) in [6, 6.07) is 19.1. The van der Waals surface area contributed by atoms with Gasteiger partial charge in [-0.2, -0.15) is 10.1 Å². The minimum Gasteiger partial charge on any atom is -0.496 e. The lowest BCUT2D eigenvalue weighted by molar-refractivity contribution is -0.127. The van der Waals surface area contributed by atoms with Gasteiger partial charge in [-0.1, -0.05) is 74.6 Å². The van der Waals surface area contributed by atoms with Gasteiger partial charge in [-0.15, -0.1) is 0 Å². The van der Waals surface area contributed by atoms with Crippen LogP contribution in [0, 0.1) is 11.8 Å². The van der Waals surface area contributed by atoms with E-state index in [1.807, 2.05) is 42.5 Å². The quantitative estimate of drug-likeness (QED) is 0.289. The molecule has 214 valence electrons. The number of methoxy groups -OCH3 is 1. The highest BCUT2D eigenvalue weighted by molar-refractivity contribution is 6.28. The monoisotopic (exact) mass is 559 g/mol. The highest BCUT2D eigenvalue weighted by Crippen LogP contribution is 2.41. The highest BCUT2D eigenvalue weighted by atomic mass is 19.3. The molecule has 1 atom stereocenters. The molecular formula is C33H35F2N3O3.